The van der Waals surface area contributed by atoms with Gasteiger partial charge in [0.15, 0.2) is 11.9 Å². The number of para-hydroxylation sites is 1. The van der Waals surface area contributed by atoms with Crippen LogP contribution in [0, 0.1) is 6.92 Å². The van der Waals surface area contributed by atoms with E-state index in [1.54, 1.807) is 49.4 Å². The van der Waals surface area contributed by atoms with Crippen molar-refractivity contribution in [3.8, 4) is 17.1 Å². The fourth-order valence-corrected chi connectivity index (χ4v) is 3.19. The molecule has 29 heavy (non-hydrogen) atoms. The first-order valence-electron chi connectivity index (χ1n) is 9.43. The third kappa shape index (κ3) is 3.69. The van der Waals surface area contributed by atoms with Gasteiger partial charge >= 0.3 is 0 Å². The molecule has 0 aliphatic heterocycles. The van der Waals surface area contributed by atoms with Crippen molar-refractivity contribution in [2.24, 2.45) is 0 Å². The highest BCUT2D eigenvalue weighted by Crippen LogP contribution is 2.31. The lowest BCUT2D eigenvalue weighted by atomic mass is 10.1. The van der Waals surface area contributed by atoms with Gasteiger partial charge in [-0.2, -0.15) is 0 Å². The molecule has 0 radical (unpaired) electrons. The number of Topliss-reactive ketones (excluding diaryl/α,β-unsaturated/α-hetero) is 1. The number of carbonyl (C=O) groups is 1. The molecule has 0 unspecified atom stereocenters. The largest absolute Gasteiger partial charge is 0.475 e. The van der Waals surface area contributed by atoms with E-state index in [1.165, 1.54) is 0 Å². The minimum Gasteiger partial charge on any atom is -0.475 e. The van der Waals surface area contributed by atoms with Crippen molar-refractivity contribution in [2.75, 3.05) is 0 Å². The fourth-order valence-electron chi connectivity index (χ4n) is 3.19. The zero-order valence-electron chi connectivity index (χ0n) is 16.2. The molecule has 0 saturated carbocycles. The lowest BCUT2D eigenvalue weighted by Gasteiger charge is -2.16. The second-order valence-electron chi connectivity index (χ2n) is 6.94. The van der Waals surface area contributed by atoms with E-state index < -0.39 is 6.10 Å². The summed E-state index contributed by atoms with van der Waals surface area (Å²) < 4.78 is 12.0. The second-order valence-corrected chi connectivity index (χ2v) is 6.94. The number of carbonyl (C=O) groups excluding carboxylic acids is 1. The third-order valence-corrected chi connectivity index (χ3v) is 4.79. The van der Waals surface area contributed by atoms with Crippen LogP contribution in [0.25, 0.3) is 22.3 Å². The molecule has 0 bridgehead atoms. The highest BCUT2D eigenvalue weighted by atomic mass is 16.5. The Labute approximate surface area is 168 Å². The van der Waals surface area contributed by atoms with Crippen LogP contribution in [0.1, 0.15) is 22.8 Å². The molecule has 0 N–H and O–H groups in total. The van der Waals surface area contributed by atoms with E-state index in [2.05, 4.69) is 0 Å². The van der Waals surface area contributed by atoms with Crippen molar-refractivity contribution < 1.29 is 13.9 Å². The summed E-state index contributed by atoms with van der Waals surface area (Å²) in [5.74, 6) is 0.166. The number of hydrogen-bond donors (Lipinski definition) is 0. The minimum absolute atomic E-state index is 0.0457. The van der Waals surface area contributed by atoms with Crippen LogP contribution in [0.4, 0.5) is 0 Å². The average Bonchev–Trinajstić information content (AvgIpc) is 2.76. The standard InChI is InChI=1S/C25H20O4/c1-16-12-14-19(15-13-16)24-25(23(27)20-10-6-7-11-21(20)29-24)28-17(2)22(26)18-8-4-3-5-9-18/h3-15,17H,1-2H3/t17-/m1/s1. The number of ether oxygens (including phenoxy) is 1. The highest BCUT2D eigenvalue weighted by molar-refractivity contribution is 5.99. The summed E-state index contributed by atoms with van der Waals surface area (Å²) in [5, 5.41) is 0.415. The van der Waals surface area contributed by atoms with Crippen molar-refractivity contribution in [2.45, 2.75) is 20.0 Å². The first-order valence-corrected chi connectivity index (χ1v) is 9.43. The van der Waals surface area contributed by atoms with Gasteiger partial charge in [0.1, 0.15) is 5.58 Å². The Kier molecular flexibility index (Phi) is 5.00. The summed E-state index contributed by atoms with van der Waals surface area (Å²) in [6, 6.07) is 23.5. The molecule has 1 aromatic heterocycles. The predicted molar refractivity (Wildman–Crippen MR) is 114 cm³/mol. The molecule has 144 valence electrons. The van der Waals surface area contributed by atoms with E-state index in [0.29, 0.717) is 27.9 Å². The number of ketones is 1. The monoisotopic (exact) mass is 384 g/mol. The van der Waals surface area contributed by atoms with Crippen LogP contribution in [-0.4, -0.2) is 11.9 Å². The van der Waals surface area contributed by atoms with E-state index in [1.807, 2.05) is 43.3 Å². The molecule has 4 heteroatoms. The van der Waals surface area contributed by atoms with Gasteiger partial charge in [0.05, 0.1) is 5.39 Å². The maximum Gasteiger partial charge on any atom is 0.235 e. The number of aryl methyl sites for hydroxylation is 1. The molecule has 0 saturated heterocycles. The van der Waals surface area contributed by atoms with Crippen LogP contribution < -0.4 is 10.2 Å². The van der Waals surface area contributed by atoms with Crippen molar-refractivity contribution in [1.29, 1.82) is 0 Å². The topological polar surface area (TPSA) is 56.5 Å². The van der Waals surface area contributed by atoms with Crippen LogP contribution in [0.5, 0.6) is 5.75 Å². The summed E-state index contributed by atoms with van der Waals surface area (Å²) in [6.45, 7) is 3.63. The Hall–Kier alpha value is -3.66. The quantitative estimate of drug-likeness (QED) is 0.431. The molecule has 0 fully saturated rings. The SMILES string of the molecule is Cc1ccc(-c2oc3ccccc3c(=O)c2O[C@H](C)C(=O)c2ccccc2)cc1. The third-order valence-electron chi connectivity index (χ3n) is 4.79. The smallest absolute Gasteiger partial charge is 0.235 e. The van der Waals surface area contributed by atoms with Crippen LogP contribution in [0.15, 0.2) is 88.1 Å². The van der Waals surface area contributed by atoms with Crippen molar-refractivity contribution in [3.63, 3.8) is 0 Å². The van der Waals surface area contributed by atoms with E-state index >= 15 is 0 Å². The number of benzene rings is 3. The van der Waals surface area contributed by atoms with Crippen LogP contribution in [-0.2, 0) is 0 Å². The zero-order chi connectivity index (χ0) is 20.4. The Balaban J connectivity index is 1.82. The molecule has 0 aliphatic carbocycles. The van der Waals surface area contributed by atoms with Crippen molar-refractivity contribution >= 4 is 16.8 Å². The van der Waals surface area contributed by atoms with Gasteiger partial charge < -0.3 is 9.15 Å². The van der Waals surface area contributed by atoms with Crippen LogP contribution >= 0.6 is 0 Å². The van der Waals surface area contributed by atoms with Crippen molar-refractivity contribution in [1.82, 2.24) is 0 Å². The van der Waals surface area contributed by atoms with Crippen LogP contribution in [0.3, 0.4) is 0 Å². The Morgan fingerprint density at radius 1 is 0.897 bits per heavy atom. The summed E-state index contributed by atoms with van der Waals surface area (Å²) in [6.07, 6.45) is -0.842. The lowest BCUT2D eigenvalue weighted by Crippen LogP contribution is -2.26. The summed E-state index contributed by atoms with van der Waals surface area (Å²) in [5.41, 5.74) is 2.51. The maximum absolute atomic E-state index is 13.2. The Morgan fingerprint density at radius 3 is 2.28 bits per heavy atom. The molecule has 4 aromatic rings. The van der Waals surface area contributed by atoms with Gasteiger partial charge in [0.25, 0.3) is 0 Å². The zero-order valence-corrected chi connectivity index (χ0v) is 16.2. The van der Waals surface area contributed by atoms with Gasteiger partial charge in [-0.1, -0.05) is 72.3 Å². The average molecular weight is 384 g/mol. The summed E-state index contributed by atoms with van der Waals surface area (Å²) in [4.78, 5) is 25.9. The number of fused-ring (bicyclic) bond motifs is 1. The molecule has 0 aliphatic rings. The first kappa shape index (κ1) is 18.7. The Bertz CT molecular complexity index is 1220. The van der Waals surface area contributed by atoms with Crippen molar-refractivity contribution in [3.05, 3.63) is 100 Å². The summed E-state index contributed by atoms with van der Waals surface area (Å²) in [7, 11) is 0. The molecular formula is C25H20O4. The number of hydrogen-bond acceptors (Lipinski definition) is 4. The molecule has 0 spiro atoms. The first-order chi connectivity index (χ1) is 14.0. The van der Waals surface area contributed by atoms with Gasteiger partial charge in [0, 0.05) is 11.1 Å². The molecule has 3 aromatic carbocycles. The van der Waals surface area contributed by atoms with Gasteiger partial charge in [0.2, 0.25) is 17.0 Å². The Morgan fingerprint density at radius 2 is 1.55 bits per heavy atom. The van der Waals surface area contributed by atoms with Gasteiger partial charge in [-0.15, -0.1) is 0 Å². The minimum atomic E-state index is -0.842. The fraction of sp³-hybridized carbons (Fsp3) is 0.120. The van der Waals surface area contributed by atoms with Gasteiger partial charge in [-0.25, -0.2) is 0 Å². The maximum atomic E-state index is 13.2. The molecule has 0 amide bonds. The molecular weight excluding hydrogens is 364 g/mol. The predicted octanol–water partition coefficient (Wildman–Crippen LogP) is 5.42. The molecule has 1 atom stereocenters. The lowest BCUT2D eigenvalue weighted by molar-refractivity contribution is 0.0815. The molecule has 1 heterocycles. The highest BCUT2D eigenvalue weighted by Gasteiger charge is 2.23. The second kappa shape index (κ2) is 7.76. The van der Waals surface area contributed by atoms with E-state index in [9.17, 15) is 9.59 Å². The number of rotatable bonds is 5. The summed E-state index contributed by atoms with van der Waals surface area (Å²) >= 11 is 0. The van der Waals surface area contributed by atoms with Gasteiger partial charge in [-0.3, -0.25) is 9.59 Å². The van der Waals surface area contributed by atoms with Crippen LogP contribution in [0.2, 0.25) is 0 Å². The molecule has 4 rings (SSSR count). The van der Waals surface area contributed by atoms with E-state index in [4.69, 9.17) is 9.15 Å². The van der Waals surface area contributed by atoms with E-state index in [0.717, 1.165) is 5.56 Å². The van der Waals surface area contributed by atoms with E-state index in [-0.39, 0.29) is 17.0 Å². The normalized spacial score (nSPS) is 11.9. The van der Waals surface area contributed by atoms with Gasteiger partial charge in [-0.05, 0) is 26.0 Å². The molecule has 4 nitrogen and oxygen atoms in total.